The number of aliphatic carboxylic acids is 1. The van der Waals surface area contributed by atoms with Gasteiger partial charge in [0.1, 0.15) is 12.1 Å². The monoisotopic (exact) mass is 205 g/mol. The maximum Gasteiger partial charge on any atom is 0.327 e. The quantitative estimate of drug-likeness (QED) is 0.329. The molecule has 0 aliphatic carbocycles. The topological polar surface area (TPSA) is 139 Å². The first-order chi connectivity index (χ1) is 6.40. The summed E-state index contributed by atoms with van der Waals surface area (Å²) in [5.41, 5.74) is 10.4. The highest BCUT2D eigenvalue weighted by molar-refractivity contribution is 5.87. The van der Waals surface area contributed by atoms with E-state index in [2.05, 4.69) is 5.32 Å². The average Bonchev–Trinajstić information content (AvgIpc) is 2.11. The van der Waals surface area contributed by atoms with Gasteiger partial charge in [0.05, 0.1) is 6.10 Å². The third-order valence-electron chi connectivity index (χ3n) is 1.67. The predicted molar refractivity (Wildman–Crippen MR) is 48.3 cm³/mol. The van der Waals surface area contributed by atoms with Crippen LogP contribution in [0.1, 0.15) is 6.92 Å². The third kappa shape index (κ3) is 3.69. The lowest BCUT2D eigenvalue weighted by atomic mass is 10.1. The standard InChI is InChI=1S/C7H15N3O4/c1-3(11)5(9)6(12)10-4(2-8)7(13)14/h3-5,11H,2,8-9H2,1H3,(H,10,12)(H,13,14)/t3-,4+,5+/m1/s1. The Bertz CT molecular complexity index is 219. The van der Waals surface area contributed by atoms with Crippen molar-refractivity contribution in [2.24, 2.45) is 11.5 Å². The van der Waals surface area contributed by atoms with Crippen LogP contribution in [0.5, 0.6) is 0 Å². The Morgan fingerprint density at radius 1 is 1.50 bits per heavy atom. The molecule has 0 aliphatic rings. The molecule has 0 heterocycles. The molecule has 0 unspecified atom stereocenters. The summed E-state index contributed by atoms with van der Waals surface area (Å²) >= 11 is 0. The van der Waals surface area contributed by atoms with Crippen molar-refractivity contribution in [3.63, 3.8) is 0 Å². The van der Waals surface area contributed by atoms with E-state index in [1.54, 1.807) is 0 Å². The van der Waals surface area contributed by atoms with Gasteiger partial charge in [-0.1, -0.05) is 0 Å². The normalized spacial score (nSPS) is 16.9. The van der Waals surface area contributed by atoms with Gasteiger partial charge >= 0.3 is 5.97 Å². The van der Waals surface area contributed by atoms with Crippen LogP contribution in [0, 0.1) is 0 Å². The van der Waals surface area contributed by atoms with Crippen LogP contribution in [0.15, 0.2) is 0 Å². The number of amides is 1. The fraction of sp³-hybridized carbons (Fsp3) is 0.714. The molecule has 0 aromatic heterocycles. The van der Waals surface area contributed by atoms with E-state index in [0.717, 1.165) is 0 Å². The Morgan fingerprint density at radius 2 is 2.00 bits per heavy atom. The average molecular weight is 205 g/mol. The minimum absolute atomic E-state index is 0.229. The molecule has 0 rings (SSSR count). The van der Waals surface area contributed by atoms with Crippen LogP contribution in [0.3, 0.4) is 0 Å². The van der Waals surface area contributed by atoms with Crippen molar-refractivity contribution in [1.82, 2.24) is 5.32 Å². The number of carbonyl (C=O) groups is 2. The maximum absolute atomic E-state index is 11.1. The summed E-state index contributed by atoms with van der Waals surface area (Å²) in [4.78, 5) is 21.6. The summed E-state index contributed by atoms with van der Waals surface area (Å²) in [6, 6.07) is -2.32. The van der Waals surface area contributed by atoms with E-state index in [4.69, 9.17) is 21.7 Å². The van der Waals surface area contributed by atoms with Gasteiger partial charge in [0.15, 0.2) is 0 Å². The highest BCUT2D eigenvalue weighted by Crippen LogP contribution is 1.90. The number of nitrogens with two attached hydrogens (primary N) is 2. The molecule has 0 bridgehead atoms. The number of carbonyl (C=O) groups excluding carboxylic acids is 1. The molecule has 7 nitrogen and oxygen atoms in total. The van der Waals surface area contributed by atoms with Crippen LogP contribution in [-0.2, 0) is 9.59 Å². The van der Waals surface area contributed by atoms with Gasteiger partial charge in [-0.2, -0.15) is 0 Å². The summed E-state index contributed by atoms with van der Waals surface area (Å²) < 4.78 is 0. The lowest BCUT2D eigenvalue weighted by Gasteiger charge is -2.17. The summed E-state index contributed by atoms with van der Waals surface area (Å²) in [5.74, 6) is -1.98. The van der Waals surface area contributed by atoms with Crippen LogP contribution in [-0.4, -0.2) is 46.8 Å². The van der Waals surface area contributed by atoms with E-state index >= 15 is 0 Å². The number of nitrogens with one attached hydrogen (secondary N) is 1. The molecule has 0 aromatic rings. The number of aliphatic hydroxyl groups excluding tert-OH is 1. The molecule has 7 N–H and O–H groups in total. The van der Waals surface area contributed by atoms with Crippen LogP contribution in [0.4, 0.5) is 0 Å². The molecular formula is C7H15N3O4. The summed E-state index contributed by atoms with van der Waals surface area (Å²) in [6.07, 6.45) is -1.04. The van der Waals surface area contributed by atoms with Crippen molar-refractivity contribution >= 4 is 11.9 Å². The van der Waals surface area contributed by atoms with E-state index in [9.17, 15) is 9.59 Å². The molecule has 0 radical (unpaired) electrons. The minimum Gasteiger partial charge on any atom is -0.480 e. The lowest BCUT2D eigenvalue weighted by molar-refractivity contribution is -0.142. The summed E-state index contributed by atoms with van der Waals surface area (Å²) in [7, 11) is 0. The summed E-state index contributed by atoms with van der Waals surface area (Å²) in [5, 5.41) is 19.6. The van der Waals surface area contributed by atoms with Crippen LogP contribution >= 0.6 is 0 Å². The zero-order valence-corrected chi connectivity index (χ0v) is 7.80. The molecule has 0 spiro atoms. The van der Waals surface area contributed by atoms with Gasteiger partial charge in [0.2, 0.25) is 5.91 Å². The zero-order chi connectivity index (χ0) is 11.3. The Kier molecular flexibility index (Phi) is 5.06. The zero-order valence-electron chi connectivity index (χ0n) is 7.80. The Labute approximate surface area is 81.1 Å². The molecule has 0 saturated heterocycles. The van der Waals surface area contributed by atoms with Crippen LogP contribution < -0.4 is 16.8 Å². The van der Waals surface area contributed by atoms with Crippen molar-refractivity contribution in [2.45, 2.75) is 25.1 Å². The first kappa shape index (κ1) is 12.8. The number of aliphatic hydroxyl groups is 1. The van der Waals surface area contributed by atoms with Crippen LogP contribution in [0.25, 0.3) is 0 Å². The Balaban J connectivity index is 4.22. The minimum atomic E-state index is -1.24. The second kappa shape index (κ2) is 5.53. The fourth-order valence-corrected chi connectivity index (χ4v) is 0.708. The number of rotatable bonds is 5. The van der Waals surface area contributed by atoms with Crippen molar-refractivity contribution < 1.29 is 19.8 Å². The van der Waals surface area contributed by atoms with Gasteiger partial charge in [0, 0.05) is 6.54 Å². The highest BCUT2D eigenvalue weighted by Gasteiger charge is 2.24. The Hall–Kier alpha value is -1.18. The predicted octanol–water partition coefficient (Wildman–Crippen LogP) is -2.78. The molecule has 7 heteroatoms. The van der Waals surface area contributed by atoms with Gasteiger partial charge in [-0.25, -0.2) is 4.79 Å². The molecule has 0 aliphatic heterocycles. The van der Waals surface area contributed by atoms with Crippen LogP contribution in [0.2, 0.25) is 0 Å². The van der Waals surface area contributed by atoms with E-state index < -0.39 is 30.1 Å². The first-order valence-corrected chi connectivity index (χ1v) is 4.07. The SMILES string of the molecule is C[C@@H](O)[C@H](N)C(=O)N[C@@H](CN)C(=O)O. The molecule has 14 heavy (non-hydrogen) atoms. The second-order valence-electron chi connectivity index (χ2n) is 2.90. The van der Waals surface area contributed by atoms with Crippen molar-refractivity contribution in [1.29, 1.82) is 0 Å². The van der Waals surface area contributed by atoms with Crippen molar-refractivity contribution in [3.05, 3.63) is 0 Å². The van der Waals surface area contributed by atoms with Gasteiger partial charge in [-0.15, -0.1) is 0 Å². The number of carboxylic acids is 1. The van der Waals surface area contributed by atoms with Crippen molar-refractivity contribution in [2.75, 3.05) is 6.54 Å². The Morgan fingerprint density at radius 3 is 2.29 bits per heavy atom. The molecule has 1 amide bonds. The maximum atomic E-state index is 11.1. The lowest BCUT2D eigenvalue weighted by Crippen LogP contribution is -2.54. The van der Waals surface area contributed by atoms with E-state index in [1.165, 1.54) is 6.92 Å². The number of hydrogen-bond acceptors (Lipinski definition) is 5. The van der Waals surface area contributed by atoms with Gasteiger partial charge in [0.25, 0.3) is 0 Å². The van der Waals surface area contributed by atoms with E-state index in [1.807, 2.05) is 0 Å². The number of hydrogen-bond donors (Lipinski definition) is 5. The molecule has 82 valence electrons. The summed E-state index contributed by atoms with van der Waals surface area (Å²) in [6.45, 7) is 1.11. The molecule has 0 saturated carbocycles. The third-order valence-corrected chi connectivity index (χ3v) is 1.67. The van der Waals surface area contributed by atoms with Gasteiger partial charge < -0.3 is 27.0 Å². The van der Waals surface area contributed by atoms with Crippen molar-refractivity contribution in [3.8, 4) is 0 Å². The highest BCUT2D eigenvalue weighted by atomic mass is 16.4. The van der Waals surface area contributed by atoms with E-state index in [-0.39, 0.29) is 6.54 Å². The number of carboxylic acid groups (broad SMARTS) is 1. The molecule has 0 fully saturated rings. The smallest absolute Gasteiger partial charge is 0.327 e. The van der Waals surface area contributed by atoms with Gasteiger partial charge in [-0.3, -0.25) is 4.79 Å². The van der Waals surface area contributed by atoms with Gasteiger partial charge in [-0.05, 0) is 6.92 Å². The largest absolute Gasteiger partial charge is 0.480 e. The van der Waals surface area contributed by atoms with E-state index in [0.29, 0.717) is 0 Å². The molecular weight excluding hydrogens is 190 g/mol. The first-order valence-electron chi connectivity index (χ1n) is 4.07. The molecule has 0 aromatic carbocycles. The second-order valence-corrected chi connectivity index (χ2v) is 2.90. The molecule has 3 atom stereocenters. The fourth-order valence-electron chi connectivity index (χ4n) is 0.708.